The molecule has 2 fully saturated rings. The molecule has 2 heterocycles. The van der Waals surface area contributed by atoms with Crippen molar-refractivity contribution in [3.05, 3.63) is 66.0 Å². The molecule has 4 rings (SSSR count). The predicted molar refractivity (Wildman–Crippen MR) is 128 cm³/mol. The van der Waals surface area contributed by atoms with Crippen LogP contribution < -0.4 is 10.2 Å². The van der Waals surface area contributed by atoms with Gasteiger partial charge in [0.1, 0.15) is 5.82 Å². The molecule has 0 bridgehead atoms. The number of nitrogens with one attached hydrogen (secondary N) is 1. The van der Waals surface area contributed by atoms with Crippen LogP contribution in [-0.2, 0) is 4.79 Å². The molecule has 0 saturated carbocycles. The van der Waals surface area contributed by atoms with Gasteiger partial charge < -0.3 is 15.1 Å². The summed E-state index contributed by atoms with van der Waals surface area (Å²) >= 11 is 0. The molecule has 6 nitrogen and oxygen atoms in total. The molecule has 2 aromatic rings. The summed E-state index contributed by atoms with van der Waals surface area (Å²) in [5.41, 5.74) is 1.78. The van der Waals surface area contributed by atoms with Crippen LogP contribution in [0.5, 0.6) is 0 Å². The van der Waals surface area contributed by atoms with Crippen molar-refractivity contribution < 1.29 is 14.0 Å². The lowest BCUT2D eigenvalue weighted by Gasteiger charge is -2.36. The summed E-state index contributed by atoms with van der Waals surface area (Å²) < 4.78 is 13.1. The van der Waals surface area contributed by atoms with Gasteiger partial charge in [-0.1, -0.05) is 18.2 Å². The molecule has 2 aliphatic rings. The van der Waals surface area contributed by atoms with Gasteiger partial charge in [0.2, 0.25) is 5.91 Å². The fraction of sp³-hybridized carbons (Fsp3) is 0.462. The zero-order valence-electron chi connectivity index (χ0n) is 19.1. The summed E-state index contributed by atoms with van der Waals surface area (Å²) in [5, 5.41) is 3.09. The van der Waals surface area contributed by atoms with Gasteiger partial charge in [-0.05, 0) is 62.2 Å². The summed E-state index contributed by atoms with van der Waals surface area (Å²) in [7, 11) is 0. The number of carbonyl (C=O) groups is 2. The maximum atomic E-state index is 13.1. The topological polar surface area (TPSA) is 55.9 Å². The number of nitrogens with zero attached hydrogens (tertiary/aromatic N) is 3. The largest absolute Gasteiger partial charge is 0.369 e. The quantitative estimate of drug-likeness (QED) is 0.657. The number of amides is 2. The zero-order valence-corrected chi connectivity index (χ0v) is 19.1. The van der Waals surface area contributed by atoms with Gasteiger partial charge in [-0.25, -0.2) is 4.39 Å². The van der Waals surface area contributed by atoms with Gasteiger partial charge in [-0.15, -0.1) is 0 Å². The molecule has 33 heavy (non-hydrogen) atoms. The number of benzene rings is 2. The number of carbonyl (C=O) groups excluding carboxylic acids is 2. The minimum atomic E-state index is -0.351. The number of anilines is 1. The van der Waals surface area contributed by atoms with E-state index in [-0.39, 0.29) is 23.5 Å². The molecule has 0 atom stereocenters. The first-order valence-corrected chi connectivity index (χ1v) is 11.9. The standard InChI is InChI=1S/C26H33FN4O2/c27-23-9-7-22(8-10-23)26(33)31-15-11-21(12-16-31)25(32)28-13-4-14-29-17-19-30(20-18-29)24-5-2-1-3-6-24/h1-3,5-10,21H,4,11-20H2,(H,28,32). The summed E-state index contributed by atoms with van der Waals surface area (Å²) in [6.07, 6.45) is 2.28. The van der Waals surface area contributed by atoms with Crippen molar-refractivity contribution in [1.29, 1.82) is 0 Å². The lowest BCUT2D eigenvalue weighted by atomic mass is 9.95. The highest BCUT2D eigenvalue weighted by Gasteiger charge is 2.27. The Kier molecular flexibility index (Phi) is 7.94. The highest BCUT2D eigenvalue weighted by atomic mass is 19.1. The Morgan fingerprint density at radius 2 is 1.55 bits per heavy atom. The van der Waals surface area contributed by atoms with E-state index < -0.39 is 0 Å². The Labute approximate surface area is 195 Å². The Hall–Kier alpha value is -2.93. The van der Waals surface area contributed by atoms with Crippen LogP contribution in [0, 0.1) is 11.7 Å². The summed E-state index contributed by atoms with van der Waals surface area (Å²) in [5.74, 6) is -0.396. The normalized spacial score (nSPS) is 17.7. The van der Waals surface area contributed by atoms with E-state index in [0.717, 1.165) is 39.1 Å². The highest BCUT2D eigenvalue weighted by molar-refractivity contribution is 5.94. The van der Waals surface area contributed by atoms with E-state index in [1.54, 1.807) is 4.90 Å². The van der Waals surface area contributed by atoms with Crippen molar-refractivity contribution in [2.24, 2.45) is 5.92 Å². The zero-order chi connectivity index (χ0) is 23.0. The van der Waals surface area contributed by atoms with Crippen molar-refractivity contribution in [2.45, 2.75) is 19.3 Å². The van der Waals surface area contributed by atoms with E-state index in [9.17, 15) is 14.0 Å². The first kappa shape index (κ1) is 23.2. The predicted octanol–water partition coefficient (Wildman–Crippen LogP) is 3.01. The highest BCUT2D eigenvalue weighted by Crippen LogP contribution is 2.20. The molecular weight excluding hydrogens is 419 g/mol. The van der Waals surface area contributed by atoms with Crippen molar-refractivity contribution >= 4 is 17.5 Å². The van der Waals surface area contributed by atoms with Crippen molar-refractivity contribution in [3.63, 3.8) is 0 Å². The number of piperidine rings is 1. The minimum Gasteiger partial charge on any atom is -0.369 e. The number of rotatable bonds is 7. The molecule has 0 aromatic heterocycles. The van der Waals surface area contributed by atoms with E-state index in [1.165, 1.54) is 30.0 Å². The number of halogens is 1. The molecule has 7 heteroatoms. The van der Waals surface area contributed by atoms with Gasteiger partial charge in [-0.2, -0.15) is 0 Å². The molecule has 2 saturated heterocycles. The van der Waals surface area contributed by atoms with Crippen LogP contribution in [0.1, 0.15) is 29.6 Å². The van der Waals surface area contributed by atoms with E-state index in [4.69, 9.17) is 0 Å². The molecule has 2 aromatic carbocycles. The van der Waals surface area contributed by atoms with Crippen LogP contribution in [-0.4, -0.2) is 74.0 Å². The van der Waals surface area contributed by atoms with Gasteiger partial charge in [-0.3, -0.25) is 14.5 Å². The van der Waals surface area contributed by atoms with Crippen molar-refractivity contribution in [3.8, 4) is 0 Å². The van der Waals surface area contributed by atoms with E-state index in [0.29, 0.717) is 38.0 Å². The van der Waals surface area contributed by atoms with E-state index in [1.807, 2.05) is 6.07 Å². The van der Waals surface area contributed by atoms with Crippen LogP contribution in [0.4, 0.5) is 10.1 Å². The SMILES string of the molecule is O=C(NCCCN1CCN(c2ccccc2)CC1)C1CCN(C(=O)c2ccc(F)cc2)CC1. The van der Waals surface area contributed by atoms with E-state index >= 15 is 0 Å². The summed E-state index contributed by atoms with van der Waals surface area (Å²) in [6.45, 7) is 6.95. The van der Waals surface area contributed by atoms with Crippen LogP contribution in [0.3, 0.4) is 0 Å². The van der Waals surface area contributed by atoms with Crippen LogP contribution in [0.25, 0.3) is 0 Å². The fourth-order valence-corrected chi connectivity index (χ4v) is 4.65. The number of piperazine rings is 1. The maximum Gasteiger partial charge on any atom is 0.253 e. The fourth-order valence-electron chi connectivity index (χ4n) is 4.65. The van der Waals surface area contributed by atoms with Crippen molar-refractivity contribution in [1.82, 2.24) is 15.1 Å². The third-order valence-corrected chi connectivity index (χ3v) is 6.69. The molecule has 0 aliphatic carbocycles. The Morgan fingerprint density at radius 3 is 2.21 bits per heavy atom. The number of hydrogen-bond acceptors (Lipinski definition) is 4. The second kappa shape index (κ2) is 11.3. The Morgan fingerprint density at radius 1 is 0.879 bits per heavy atom. The van der Waals surface area contributed by atoms with Crippen LogP contribution in [0.2, 0.25) is 0 Å². The molecule has 0 unspecified atom stereocenters. The number of hydrogen-bond donors (Lipinski definition) is 1. The average molecular weight is 453 g/mol. The molecule has 2 amide bonds. The van der Waals surface area contributed by atoms with Crippen LogP contribution >= 0.6 is 0 Å². The average Bonchev–Trinajstić information content (AvgIpc) is 2.87. The Bertz CT molecular complexity index is 906. The van der Waals surface area contributed by atoms with Crippen molar-refractivity contribution in [2.75, 3.05) is 57.3 Å². The second-order valence-corrected chi connectivity index (χ2v) is 8.88. The lowest BCUT2D eigenvalue weighted by Crippen LogP contribution is -2.47. The first-order valence-electron chi connectivity index (χ1n) is 11.9. The third kappa shape index (κ3) is 6.32. The second-order valence-electron chi connectivity index (χ2n) is 8.88. The van der Waals surface area contributed by atoms with Gasteiger partial charge in [0.15, 0.2) is 0 Å². The van der Waals surface area contributed by atoms with Gasteiger partial charge in [0, 0.05) is 63.0 Å². The number of para-hydroxylation sites is 1. The molecule has 176 valence electrons. The monoisotopic (exact) mass is 452 g/mol. The lowest BCUT2D eigenvalue weighted by molar-refractivity contribution is -0.126. The molecule has 1 N–H and O–H groups in total. The molecule has 0 spiro atoms. The van der Waals surface area contributed by atoms with Gasteiger partial charge in [0.25, 0.3) is 5.91 Å². The number of likely N-dealkylation sites (tertiary alicyclic amines) is 1. The van der Waals surface area contributed by atoms with Gasteiger partial charge >= 0.3 is 0 Å². The first-order chi connectivity index (χ1) is 16.1. The van der Waals surface area contributed by atoms with Crippen LogP contribution in [0.15, 0.2) is 54.6 Å². The van der Waals surface area contributed by atoms with E-state index in [2.05, 4.69) is 39.4 Å². The summed E-state index contributed by atoms with van der Waals surface area (Å²) in [6, 6.07) is 16.2. The Balaban J connectivity index is 1.10. The summed E-state index contributed by atoms with van der Waals surface area (Å²) in [4.78, 5) is 31.7. The van der Waals surface area contributed by atoms with Gasteiger partial charge in [0.05, 0.1) is 0 Å². The smallest absolute Gasteiger partial charge is 0.253 e. The minimum absolute atomic E-state index is 0.0447. The third-order valence-electron chi connectivity index (χ3n) is 6.69. The molecular formula is C26H33FN4O2. The maximum absolute atomic E-state index is 13.1. The molecule has 2 aliphatic heterocycles. The molecule has 0 radical (unpaired) electrons.